The Balaban J connectivity index is 2.19. The first-order valence-electron chi connectivity index (χ1n) is 10.5. The molecule has 0 heterocycles. The molecule has 0 spiro atoms. The van der Waals surface area contributed by atoms with Gasteiger partial charge in [-0.15, -0.1) is 0 Å². The van der Waals surface area contributed by atoms with Gasteiger partial charge in [0.15, 0.2) is 0 Å². The SMILES string of the molecule is CCCO[C@@]1(C(=O)Nc2cc(C)c(O[C@H](C)CC)c(C)c2)CCC[C@@H](C)C1. The topological polar surface area (TPSA) is 47.6 Å². The molecule has 3 atom stereocenters. The molecule has 1 amide bonds. The molecule has 27 heavy (non-hydrogen) atoms. The van der Waals surface area contributed by atoms with Gasteiger partial charge in [0.1, 0.15) is 11.4 Å². The van der Waals surface area contributed by atoms with Gasteiger partial charge in [-0.05, 0) is 82.1 Å². The quantitative estimate of drug-likeness (QED) is 0.625. The molecule has 152 valence electrons. The second-order valence-electron chi connectivity index (χ2n) is 8.27. The van der Waals surface area contributed by atoms with Crippen LogP contribution in [0.2, 0.25) is 0 Å². The van der Waals surface area contributed by atoms with Gasteiger partial charge in [0.2, 0.25) is 0 Å². The average Bonchev–Trinajstić information content (AvgIpc) is 2.62. The summed E-state index contributed by atoms with van der Waals surface area (Å²) in [7, 11) is 0. The van der Waals surface area contributed by atoms with Gasteiger partial charge in [-0.25, -0.2) is 0 Å². The highest BCUT2D eigenvalue weighted by Gasteiger charge is 2.42. The van der Waals surface area contributed by atoms with Crippen molar-refractivity contribution in [3.8, 4) is 5.75 Å². The maximum atomic E-state index is 13.2. The zero-order chi connectivity index (χ0) is 20.0. The summed E-state index contributed by atoms with van der Waals surface area (Å²) < 4.78 is 12.2. The third-order valence-electron chi connectivity index (χ3n) is 5.56. The minimum Gasteiger partial charge on any atom is -0.490 e. The van der Waals surface area contributed by atoms with Crippen molar-refractivity contribution < 1.29 is 14.3 Å². The number of anilines is 1. The number of carbonyl (C=O) groups excluding carboxylic acids is 1. The molecule has 0 saturated heterocycles. The second kappa shape index (κ2) is 9.59. The first-order chi connectivity index (χ1) is 12.8. The van der Waals surface area contributed by atoms with Crippen LogP contribution in [0.25, 0.3) is 0 Å². The summed E-state index contributed by atoms with van der Waals surface area (Å²) in [6, 6.07) is 4.00. The number of amides is 1. The van der Waals surface area contributed by atoms with Crippen LogP contribution in [-0.2, 0) is 9.53 Å². The minimum atomic E-state index is -0.693. The molecule has 4 nitrogen and oxygen atoms in total. The van der Waals surface area contributed by atoms with E-state index >= 15 is 0 Å². The molecule has 1 saturated carbocycles. The van der Waals surface area contributed by atoms with Crippen LogP contribution in [0, 0.1) is 19.8 Å². The van der Waals surface area contributed by atoms with Crippen LogP contribution in [0.1, 0.15) is 77.3 Å². The average molecular weight is 376 g/mol. The Morgan fingerprint density at radius 1 is 1.30 bits per heavy atom. The van der Waals surface area contributed by atoms with E-state index in [1.807, 2.05) is 26.0 Å². The number of aryl methyl sites for hydroxylation is 2. The van der Waals surface area contributed by atoms with Crippen molar-refractivity contribution in [3.05, 3.63) is 23.3 Å². The zero-order valence-corrected chi connectivity index (χ0v) is 18.0. The highest BCUT2D eigenvalue weighted by atomic mass is 16.5. The Morgan fingerprint density at radius 3 is 2.52 bits per heavy atom. The lowest BCUT2D eigenvalue weighted by Crippen LogP contribution is -2.48. The summed E-state index contributed by atoms with van der Waals surface area (Å²) in [6.45, 7) is 13.2. The Labute approximate surface area is 165 Å². The zero-order valence-electron chi connectivity index (χ0n) is 18.0. The second-order valence-corrected chi connectivity index (χ2v) is 8.27. The van der Waals surface area contributed by atoms with Crippen molar-refractivity contribution in [1.29, 1.82) is 0 Å². The summed E-state index contributed by atoms with van der Waals surface area (Å²) in [5.74, 6) is 1.43. The van der Waals surface area contributed by atoms with Gasteiger partial charge in [0.05, 0.1) is 6.10 Å². The van der Waals surface area contributed by atoms with Gasteiger partial charge < -0.3 is 14.8 Å². The van der Waals surface area contributed by atoms with Crippen molar-refractivity contribution >= 4 is 11.6 Å². The molecule has 1 fully saturated rings. The van der Waals surface area contributed by atoms with Crippen molar-refractivity contribution in [2.24, 2.45) is 5.92 Å². The Morgan fingerprint density at radius 2 is 1.96 bits per heavy atom. The molecule has 0 radical (unpaired) electrons. The van der Waals surface area contributed by atoms with Gasteiger partial charge in [-0.1, -0.05) is 27.2 Å². The lowest BCUT2D eigenvalue weighted by Gasteiger charge is -2.38. The summed E-state index contributed by atoms with van der Waals surface area (Å²) in [6.07, 6.45) is 5.87. The van der Waals surface area contributed by atoms with E-state index in [-0.39, 0.29) is 12.0 Å². The van der Waals surface area contributed by atoms with E-state index in [1.165, 1.54) is 6.42 Å². The van der Waals surface area contributed by atoms with E-state index in [0.29, 0.717) is 12.5 Å². The Kier molecular flexibility index (Phi) is 7.72. The molecule has 1 aromatic rings. The van der Waals surface area contributed by atoms with Crippen LogP contribution in [-0.4, -0.2) is 24.2 Å². The van der Waals surface area contributed by atoms with E-state index in [1.54, 1.807) is 0 Å². The number of carbonyl (C=O) groups is 1. The third-order valence-corrected chi connectivity index (χ3v) is 5.56. The summed E-state index contributed by atoms with van der Waals surface area (Å²) >= 11 is 0. The van der Waals surface area contributed by atoms with Crippen LogP contribution in [0.5, 0.6) is 5.75 Å². The fraction of sp³-hybridized carbons (Fsp3) is 0.696. The molecule has 4 heteroatoms. The standard InChI is InChI=1S/C23H37NO3/c1-7-12-26-23(11-9-10-16(3)15-23)22(25)24-20-13-17(4)21(18(5)14-20)27-19(6)8-2/h13-14,16,19H,7-12,15H2,1-6H3,(H,24,25)/t16-,19-,23+/m1/s1. The summed E-state index contributed by atoms with van der Waals surface area (Å²) in [4.78, 5) is 13.2. The Hall–Kier alpha value is -1.55. The summed E-state index contributed by atoms with van der Waals surface area (Å²) in [5.41, 5.74) is 2.22. The monoisotopic (exact) mass is 375 g/mol. The largest absolute Gasteiger partial charge is 0.490 e. The van der Waals surface area contributed by atoms with Crippen molar-refractivity contribution in [2.75, 3.05) is 11.9 Å². The van der Waals surface area contributed by atoms with Crippen molar-refractivity contribution in [1.82, 2.24) is 0 Å². The van der Waals surface area contributed by atoms with E-state index in [9.17, 15) is 4.79 Å². The van der Waals surface area contributed by atoms with Gasteiger partial charge >= 0.3 is 0 Å². The highest BCUT2D eigenvalue weighted by Crippen LogP contribution is 2.37. The van der Waals surface area contributed by atoms with Crippen LogP contribution in [0.3, 0.4) is 0 Å². The molecule has 2 rings (SSSR count). The first-order valence-corrected chi connectivity index (χ1v) is 10.5. The predicted molar refractivity (Wildman–Crippen MR) is 112 cm³/mol. The Bertz CT molecular complexity index is 620. The van der Waals surface area contributed by atoms with E-state index in [2.05, 4.69) is 33.0 Å². The maximum absolute atomic E-state index is 13.2. The van der Waals surface area contributed by atoms with Crippen LogP contribution in [0.4, 0.5) is 5.69 Å². The smallest absolute Gasteiger partial charge is 0.256 e. The molecule has 1 aromatic carbocycles. The van der Waals surface area contributed by atoms with Crippen molar-refractivity contribution in [3.63, 3.8) is 0 Å². The molecule has 1 aliphatic rings. The number of ether oxygens (including phenoxy) is 2. The van der Waals surface area contributed by atoms with Gasteiger partial charge in [0.25, 0.3) is 5.91 Å². The number of rotatable bonds is 8. The number of nitrogens with one attached hydrogen (secondary N) is 1. The fourth-order valence-corrected chi connectivity index (χ4v) is 3.94. The number of hydrogen-bond donors (Lipinski definition) is 1. The molecule has 0 aliphatic heterocycles. The number of hydrogen-bond acceptors (Lipinski definition) is 3. The fourth-order valence-electron chi connectivity index (χ4n) is 3.94. The summed E-state index contributed by atoms with van der Waals surface area (Å²) in [5, 5.41) is 3.14. The predicted octanol–water partition coefficient (Wildman–Crippen LogP) is 5.79. The molecular weight excluding hydrogens is 338 g/mol. The first kappa shape index (κ1) is 21.7. The highest BCUT2D eigenvalue weighted by molar-refractivity contribution is 5.97. The lowest BCUT2D eigenvalue weighted by atomic mass is 9.78. The normalized spacial score (nSPS) is 23.7. The molecule has 0 aromatic heterocycles. The van der Waals surface area contributed by atoms with E-state index in [0.717, 1.165) is 54.7 Å². The van der Waals surface area contributed by atoms with Gasteiger partial charge in [0, 0.05) is 12.3 Å². The van der Waals surface area contributed by atoms with Crippen LogP contribution >= 0.6 is 0 Å². The molecular formula is C23H37NO3. The van der Waals surface area contributed by atoms with Crippen molar-refractivity contribution in [2.45, 2.75) is 91.8 Å². The molecule has 0 unspecified atom stereocenters. The van der Waals surface area contributed by atoms with Crippen LogP contribution < -0.4 is 10.1 Å². The minimum absolute atomic E-state index is 0.00288. The van der Waals surface area contributed by atoms with Crippen LogP contribution in [0.15, 0.2) is 12.1 Å². The number of benzene rings is 1. The molecule has 1 aliphatic carbocycles. The maximum Gasteiger partial charge on any atom is 0.256 e. The third kappa shape index (κ3) is 5.47. The molecule has 1 N–H and O–H groups in total. The van der Waals surface area contributed by atoms with Gasteiger partial charge in [-0.2, -0.15) is 0 Å². The van der Waals surface area contributed by atoms with E-state index in [4.69, 9.17) is 9.47 Å². The molecule has 0 bridgehead atoms. The van der Waals surface area contributed by atoms with E-state index < -0.39 is 5.60 Å². The lowest BCUT2D eigenvalue weighted by molar-refractivity contribution is -0.148. The van der Waals surface area contributed by atoms with Gasteiger partial charge in [-0.3, -0.25) is 4.79 Å².